The normalized spacial score (nSPS) is 13.0. The first-order valence-electron chi connectivity index (χ1n) is 5.39. The van der Waals surface area contributed by atoms with Crippen LogP contribution in [0.1, 0.15) is 43.2 Å². The topological polar surface area (TPSA) is 77.8 Å². The number of hydrogen-bond acceptors (Lipinski definition) is 5. The van der Waals surface area contributed by atoms with Gasteiger partial charge in [-0.15, -0.1) is 0 Å². The van der Waals surface area contributed by atoms with Crippen molar-refractivity contribution in [3.63, 3.8) is 0 Å². The van der Waals surface area contributed by atoms with Gasteiger partial charge in [-0.25, -0.2) is 0 Å². The molecule has 0 amide bonds. The van der Waals surface area contributed by atoms with Crippen LogP contribution in [0.2, 0.25) is 0 Å². The van der Waals surface area contributed by atoms with Gasteiger partial charge in [0.25, 0.3) is 0 Å². The van der Waals surface area contributed by atoms with E-state index in [0.29, 0.717) is 17.4 Å². The Morgan fingerprint density at radius 3 is 2.61 bits per heavy atom. The fourth-order valence-electron chi connectivity index (χ4n) is 1.38. The smallest absolute Gasteiger partial charge is 0.229 e. The van der Waals surface area contributed by atoms with Gasteiger partial charge >= 0.3 is 0 Å². The third kappa shape index (κ3) is 2.78. The van der Waals surface area contributed by atoms with Gasteiger partial charge in [0, 0.05) is 21.1 Å². The summed E-state index contributed by atoms with van der Waals surface area (Å²) in [5.41, 5.74) is 6.76. The van der Waals surface area contributed by atoms with E-state index in [2.05, 4.69) is 47.0 Å². The summed E-state index contributed by atoms with van der Waals surface area (Å²) in [6.45, 7) is 3.97. The lowest BCUT2D eigenvalue weighted by molar-refractivity contribution is 0.359. The Hall–Kier alpha value is -0.790. The van der Waals surface area contributed by atoms with Crippen LogP contribution >= 0.6 is 31.9 Å². The molecule has 0 saturated heterocycles. The van der Waals surface area contributed by atoms with E-state index in [0.717, 1.165) is 8.95 Å². The van der Waals surface area contributed by atoms with Crippen LogP contribution in [0.4, 0.5) is 0 Å². The number of aromatic nitrogens is 3. The molecular formula is C11H12Br2N4O. The van der Waals surface area contributed by atoms with Gasteiger partial charge in [0.15, 0.2) is 5.82 Å². The van der Waals surface area contributed by atoms with Gasteiger partial charge in [0.2, 0.25) is 5.89 Å². The summed E-state index contributed by atoms with van der Waals surface area (Å²) in [5, 5.41) is 3.89. The van der Waals surface area contributed by atoms with E-state index in [4.69, 9.17) is 10.3 Å². The predicted octanol–water partition coefficient (Wildman–Crippen LogP) is 3.16. The molecule has 1 unspecified atom stereocenters. The molecule has 0 radical (unpaired) electrons. The molecule has 0 aliphatic rings. The lowest BCUT2D eigenvalue weighted by Crippen LogP contribution is -2.16. The van der Waals surface area contributed by atoms with Gasteiger partial charge < -0.3 is 10.3 Å². The van der Waals surface area contributed by atoms with Crippen molar-refractivity contribution in [2.75, 3.05) is 0 Å². The van der Waals surface area contributed by atoms with Gasteiger partial charge in [0.05, 0.1) is 5.69 Å². The Labute approximate surface area is 121 Å². The first-order chi connectivity index (χ1) is 8.49. The fourth-order valence-corrected chi connectivity index (χ4v) is 2.62. The molecule has 2 aromatic heterocycles. The summed E-state index contributed by atoms with van der Waals surface area (Å²) in [7, 11) is 0. The summed E-state index contributed by atoms with van der Waals surface area (Å²) in [6, 6.07) is 1.37. The highest BCUT2D eigenvalue weighted by molar-refractivity contribution is 9.11. The van der Waals surface area contributed by atoms with Crippen LogP contribution in [0.3, 0.4) is 0 Å². The monoisotopic (exact) mass is 374 g/mol. The van der Waals surface area contributed by atoms with Crippen molar-refractivity contribution in [2.45, 2.75) is 25.8 Å². The molecule has 2 heterocycles. The van der Waals surface area contributed by atoms with E-state index in [-0.39, 0.29) is 5.92 Å². The van der Waals surface area contributed by atoms with Gasteiger partial charge in [-0.1, -0.05) is 19.0 Å². The van der Waals surface area contributed by atoms with Crippen LogP contribution in [0.5, 0.6) is 0 Å². The Kier molecular flexibility index (Phi) is 4.14. The molecule has 1 atom stereocenters. The summed E-state index contributed by atoms with van der Waals surface area (Å²) in [6.07, 6.45) is 1.68. The molecule has 0 aliphatic carbocycles. The van der Waals surface area contributed by atoms with E-state index in [1.54, 1.807) is 6.20 Å². The first-order valence-corrected chi connectivity index (χ1v) is 6.97. The van der Waals surface area contributed by atoms with E-state index in [9.17, 15) is 0 Å². The zero-order valence-electron chi connectivity index (χ0n) is 9.89. The van der Waals surface area contributed by atoms with Gasteiger partial charge in [-0.05, 0) is 37.9 Å². The van der Waals surface area contributed by atoms with E-state index in [1.807, 2.05) is 19.9 Å². The Morgan fingerprint density at radius 2 is 2.06 bits per heavy atom. The van der Waals surface area contributed by atoms with Crippen LogP contribution in [-0.2, 0) is 0 Å². The van der Waals surface area contributed by atoms with Crippen molar-refractivity contribution >= 4 is 31.9 Å². The number of nitrogens with two attached hydrogens (primary N) is 1. The van der Waals surface area contributed by atoms with Gasteiger partial charge in [-0.2, -0.15) is 4.98 Å². The summed E-state index contributed by atoms with van der Waals surface area (Å²) in [4.78, 5) is 8.54. The molecule has 0 spiro atoms. The molecule has 0 bridgehead atoms. The Bertz CT molecular complexity index is 556. The minimum Gasteiger partial charge on any atom is -0.339 e. The van der Waals surface area contributed by atoms with Crippen molar-refractivity contribution in [3.8, 4) is 0 Å². The van der Waals surface area contributed by atoms with Crippen molar-refractivity contribution in [1.29, 1.82) is 0 Å². The van der Waals surface area contributed by atoms with Crippen molar-refractivity contribution in [3.05, 3.63) is 38.6 Å². The molecule has 5 nitrogen and oxygen atoms in total. The first kappa shape index (κ1) is 13.6. The van der Waals surface area contributed by atoms with E-state index >= 15 is 0 Å². The van der Waals surface area contributed by atoms with Gasteiger partial charge in [0.1, 0.15) is 6.04 Å². The van der Waals surface area contributed by atoms with Crippen LogP contribution in [-0.4, -0.2) is 15.1 Å². The highest BCUT2D eigenvalue weighted by Crippen LogP contribution is 2.26. The maximum absolute atomic E-state index is 6.09. The van der Waals surface area contributed by atoms with Crippen LogP contribution in [0.15, 0.2) is 25.7 Å². The lowest BCUT2D eigenvalue weighted by atomic mass is 10.2. The maximum Gasteiger partial charge on any atom is 0.229 e. The number of rotatable bonds is 3. The van der Waals surface area contributed by atoms with Crippen LogP contribution < -0.4 is 5.73 Å². The second-order valence-corrected chi connectivity index (χ2v) is 5.91. The third-order valence-electron chi connectivity index (χ3n) is 2.36. The molecule has 0 saturated carbocycles. The molecule has 0 fully saturated rings. The number of halogens is 2. The molecule has 7 heteroatoms. The quantitative estimate of drug-likeness (QED) is 0.891. The minimum atomic E-state index is -0.510. The molecule has 18 heavy (non-hydrogen) atoms. The molecule has 2 rings (SSSR count). The third-order valence-corrected chi connectivity index (χ3v) is 3.43. The fraction of sp³-hybridized carbons (Fsp3) is 0.364. The van der Waals surface area contributed by atoms with Crippen LogP contribution in [0.25, 0.3) is 0 Å². The van der Waals surface area contributed by atoms with Crippen molar-refractivity contribution in [2.24, 2.45) is 5.73 Å². The van der Waals surface area contributed by atoms with E-state index < -0.39 is 6.04 Å². The zero-order valence-corrected chi connectivity index (χ0v) is 13.1. The SMILES string of the molecule is CC(C)c1nc(C(N)c2ncc(Br)cc2Br)no1. The summed E-state index contributed by atoms with van der Waals surface area (Å²) >= 11 is 6.76. The Balaban J connectivity index is 2.32. The second kappa shape index (κ2) is 5.46. The van der Waals surface area contributed by atoms with Gasteiger partial charge in [-0.3, -0.25) is 4.98 Å². The standard InChI is InChI=1S/C11H12Br2N4O/c1-5(2)11-16-10(17-18-11)8(14)9-7(13)3-6(12)4-15-9/h3-5,8H,14H2,1-2H3. The maximum atomic E-state index is 6.09. The number of nitrogens with zero attached hydrogens (tertiary/aromatic N) is 3. The molecule has 2 aromatic rings. The molecule has 0 aliphatic heterocycles. The number of pyridine rings is 1. The predicted molar refractivity (Wildman–Crippen MR) is 74.1 cm³/mol. The second-order valence-electron chi connectivity index (χ2n) is 4.14. The number of hydrogen-bond donors (Lipinski definition) is 1. The average molecular weight is 376 g/mol. The highest BCUT2D eigenvalue weighted by atomic mass is 79.9. The summed E-state index contributed by atoms with van der Waals surface area (Å²) in [5.74, 6) is 1.20. The molecular weight excluding hydrogens is 364 g/mol. The summed E-state index contributed by atoms with van der Waals surface area (Å²) < 4.78 is 6.82. The van der Waals surface area contributed by atoms with E-state index in [1.165, 1.54) is 0 Å². The van der Waals surface area contributed by atoms with Crippen LogP contribution in [0, 0.1) is 0 Å². The minimum absolute atomic E-state index is 0.180. The lowest BCUT2D eigenvalue weighted by Gasteiger charge is -2.08. The van der Waals surface area contributed by atoms with Crippen molar-refractivity contribution in [1.82, 2.24) is 15.1 Å². The molecule has 2 N–H and O–H groups in total. The van der Waals surface area contributed by atoms with Crippen molar-refractivity contribution < 1.29 is 4.52 Å². The Morgan fingerprint density at radius 1 is 1.33 bits per heavy atom. The highest BCUT2D eigenvalue weighted by Gasteiger charge is 2.20. The molecule has 0 aromatic carbocycles. The largest absolute Gasteiger partial charge is 0.339 e. The molecule has 96 valence electrons. The zero-order chi connectivity index (χ0) is 13.3. The average Bonchev–Trinajstić information content (AvgIpc) is 2.77.